The van der Waals surface area contributed by atoms with Crippen molar-refractivity contribution in [1.82, 2.24) is 15.1 Å². The third kappa shape index (κ3) is 3.56. The number of hydrogen-bond donors (Lipinski definition) is 1. The van der Waals surface area contributed by atoms with Gasteiger partial charge in [-0.3, -0.25) is 14.5 Å². The molecule has 2 amide bonds. The molecular formula is C19H24N4O3. The zero-order valence-electron chi connectivity index (χ0n) is 15.4. The molecule has 1 N–H and O–H groups in total. The van der Waals surface area contributed by atoms with Crippen LogP contribution in [0.25, 0.3) is 0 Å². The first-order valence-electron chi connectivity index (χ1n) is 8.80. The summed E-state index contributed by atoms with van der Waals surface area (Å²) in [5.41, 5.74) is 1.78. The van der Waals surface area contributed by atoms with Crippen molar-refractivity contribution >= 4 is 17.6 Å². The third-order valence-corrected chi connectivity index (χ3v) is 4.54. The number of nitrogens with zero attached hydrogens (tertiary/aromatic N) is 3. The van der Waals surface area contributed by atoms with Crippen LogP contribution in [0.3, 0.4) is 0 Å². The van der Waals surface area contributed by atoms with Gasteiger partial charge in [-0.15, -0.1) is 0 Å². The fourth-order valence-corrected chi connectivity index (χ4v) is 3.25. The minimum absolute atomic E-state index is 0.0409. The number of fused-ring (bicyclic) bond motifs is 1. The average molecular weight is 356 g/mol. The summed E-state index contributed by atoms with van der Waals surface area (Å²) < 4.78 is 7.01. The summed E-state index contributed by atoms with van der Waals surface area (Å²) in [4.78, 5) is 26.9. The minimum Gasteiger partial charge on any atom is -0.497 e. The number of aromatic nitrogens is 2. The molecule has 1 aromatic heterocycles. The lowest BCUT2D eigenvalue weighted by Crippen LogP contribution is -2.52. The Balaban J connectivity index is 1.75. The van der Waals surface area contributed by atoms with Crippen molar-refractivity contribution in [3.05, 3.63) is 41.6 Å². The molecular weight excluding hydrogens is 332 g/mol. The maximum absolute atomic E-state index is 12.8. The van der Waals surface area contributed by atoms with Crippen molar-refractivity contribution < 1.29 is 14.3 Å². The summed E-state index contributed by atoms with van der Waals surface area (Å²) in [7, 11) is 1.61. The van der Waals surface area contributed by atoms with Gasteiger partial charge in [0.2, 0.25) is 11.8 Å². The molecule has 2 aromatic rings. The van der Waals surface area contributed by atoms with Crippen LogP contribution in [0.15, 0.2) is 30.3 Å². The topological polar surface area (TPSA) is 76.5 Å². The predicted octanol–water partition coefficient (Wildman–Crippen LogP) is 2.03. The fraction of sp³-hybridized carbons (Fsp3) is 0.421. The van der Waals surface area contributed by atoms with Crippen molar-refractivity contribution in [2.45, 2.75) is 45.8 Å². The Morgan fingerprint density at radius 1 is 1.38 bits per heavy atom. The summed E-state index contributed by atoms with van der Waals surface area (Å²) in [5, 5.41) is 7.34. The van der Waals surface area contributed by atoms with Crippen LogP contribution in [-0.4, -0.2) is 34.7 Å². The SMILES string of the molecule is CC[C@H](C(=O)NCc1cccc(OC)c1)N1C(=O)CCn2nc(C)cc21. The molecule has 0 bridgehead atoms. The second-order valence-corrected chi connectivity index (χ2v) is 6.37. The van der Waals surface area contributed by atoms with Crippen LogP contribution in [0, 0.1) is 6.92 Å². The van der Waals surface area contributed by atoms with E-state index in [2.05, 4.69) is 10.4 Å². The molecule has 1 aliphatic rings. The van der Waals surface area contributed by atoms with Crippen LogP contribution >= 0.6 is 0 Å². The van der Waals surface area contributed by atoms with E-state index in [0.717, 1.165) is 17.0 Å². The van der Waals surface area contributed by atoms with E-state index < -0.39 is 6.04 Å². The van der Waals surface area contributed by atoms with Gasteiger partial charge < -0.3 is 10.1 Å². The first-order valence-corrected chi connectivity index (χ1v) is 8.80. The highest BCUT2D eigenvalue weighted by molar-refractivity contribution is 6.00. The van der Waals surface area contributed by atoms with E-state index in [1.54, 1.807) is 16.7 Å². The van der Waals surface area contributed by atoms with Crippen molar-refractivity contribution in [3.63, 3.8) is 0 Å². The number of nitrogens with one attached hydrogen (secondary N) is 1. The van der Waals surface area contributed by atoms with Gasteiger partial charge in [-0.1, -0.05) is 19.1 Å². The van der Waals surface area contributed by atoms with Gasteiger partial charge in [0.25, 0.3) is 0 Å². The molecule has 138 valence electrons. The van der Waals surface area contributed by atoms with Crippen LogP contribution in [0.5, 0.6) is 5.75 Å². The molecule has 0 spiro atoms. The Bertz CT molecular complexity index is 815. The Morgan fingerprint density at radius 2 is 2.19 bits per heavy atom. The number of ether oxygens (including phenoxy) is 1. The monoisotopic (exact) mass is 356 g/mol. The highest BCUT2D eigenvalue weighted by atomic mass is 16.5. The number of aryl methyl sites for hydroxylation is 2. The summed E-state index contributed by atoms with van der Waals surface area (Å²) in [6.45, 7) is 4.73. The molecule has 1 aromatic carbocycles. The van der Waals surface area contributed by atoms with Crippen LogP contribution in [0.4, 0.5) is 5.82 Å². The van der Waals surface area contributed by atoms with Crippen molar-refractivity contribution in [2.24, 2.45) is 0 Å². The van der Waals surface area contributed by atoms with E-state index >= 15 is 0 Å². The number of methoxy groups -OCH3 is 1. The van der Waals surface area contributed by atoms with Crippen molar-refractivity contribution in [1.29, 1.82) is 0 Å². The summed E-state index contributed by atoms with van der Waals surface area (Å²) in [6, 6.07) is 8.85. The van der Waals surface area contributed by atoms with Crippen LogP contribution in [0.2, 0.25) is 0 Å². The molecule has 7 nitrogen and oxygen atoms in total. The summed E-state index contributed by atoms with van der Waals surface area (Å²) in [5.74, 6) is 1.23. The number of rotatable bonds is 6. The summed E-state index contributed by atoms with van der Waals surface area (Å²) >= 11 is 0. The van der Waals surface area contributed by atoms with Crippen molar-refractivity contribution in [3.8, 4) is 5.75 Å². The lowest BCUT2D eigenvalue weighted by molar-refractivity contribution is -0.127. The number of anilines is 1. The van der Waals surface area contributed by atoms with Gasteiger partial charge in [0, 0.05) is 19.0 Å². The second-order valence-electron chi connectivity index (χ2n) is 6.37. The molecule has 0 saturated heterocycles. The highest BCUT2D eigenvalue weighted by Gasteiger charge is 2.34. The molecule has 0 unspecified atom stereocenters. The number of benzene rings is 1. The smallest absolute Gasteiger partial charge is 0.243 e. The molecule has 3 rings (SSSR count). The van der Waals surface area contributed by atoms with E-state index in [9.17, 15) is 9.59 Å². The number of hydrogen-bond acceptors (Lipinski definition) is 4. The van der Waals surface area contributed by atoms with E-state index in [-0.39, 0.29) is 11.8 Å². The zero-order valence-corrected chi connectivity index (χ0v) is 15.4. The van der Waals surface area contributed by atoms with Gasteiger partial charge in [0.15, 0.2) is 0 Å². The fourth-order valence-electron chi connectivity index (χ4n) is 3.25. The lowest BCUT2D eigenvalue weighted by atomic mass is 10.1. The Morgan fingerprint density at radius 3 is 2.92 bits per heavy atom. The third-order valence-electron chi connectivity index (χ3n) is 4.54. The summed E-state index contributed by atoms with van der Waals surface area (Å²) in [6.07, 6.45) is 0.883. The van der Waals surface area contributed by atoms with E-state index in [4.69, 9.17) is 4.74 Å². The van der Waals surface area contributed by atoms with Crippen LogP contribution < -0.4 is 15.0 Å². The zero-order chi connectivity index (χ0) is 18.7. The van der Waals surface area contributed by atoms with Gasteiger partial charge in [-0.2, -0.15) is 5.10 Å². The first kappa shape index (κ1) is 18.0. The number of carbonyl (C=O) groups excluding carboxylic acids is 2. The Labute approximate surface area is 152 Å². The van der Waals surface area contributed by atoms with Crippen LogP contribution in [0.1, 0.15) is 31.0 Å². The molecule has 2 heterocycles. The molecule has 1 atom stereocenters. The Kier molecular flexibility index (Phi) is 5.25. The molecule has 0 saturated carbocycles. The lowest BCUT2D eigenvalue weighted by Gasteiger charge is -2.33. The van der Waals surface area contributed by atoms with Gasteiger partial charge in [-0.05, 0) is 31.0 Å². The average Bonchev–Trinajstić information content (AvgIpc) is 3.03. The van der Waals surface area contributed by atoms with E-state index in [1.807, 2.05) is 44.2 Å². The molecule has 1 aliphatic heterocycles. The number of amides is 2. The van der Waals surface area contributed by atoms with Gasteiger partial charge >= 0.3 is 0 Å². The van der Waals surface area contributed by atoms with Crippen LogP contribution in [-0.2, 0) is 22.7 Å². The van der Waals surface area contributed by atoms with E-state index in [0.29, 0.717) is 31.7 Å². The predicted molar refractivity (Wildman–Crippen MR) is 98.0 cm³/mol. The maximum atomic E-state index is 12.8. The standard InChI is InChI=1S/C19H24N4O3/c1-4-16(19(25)20-12-14-6-5-7-15(11-14)26-3)23-17-10-13(2)21-22(17)9-8-18(23)24/h5-7,10-11,16H,4,8-9,12H2,1-3H3,(H,20,25)/t16-/m1/s1. The Hall–Kier alpha value is -2.83. The largest absolute Gasteiger partial charge is 0.497 e. The van der Waals surface area contributed by atoms with E-state index in [1.165, 1.54) is 0 Å². The number of carbonyl (C=O) groups is 2. The second kappa shape index (κ2) is 7.59. The molecule has 0 fully saturated rings. The van der Waals surface area contributed by atoms with Gasteiger partial charge in [0.05, 0.1) is 19.3 Å². The molecule has 0 aliphatic carbocycles. The highest BCUT2D eigenvalue weighted by Crippen LogP contribution is 2.26. The maximum Gasteiger partial charge on any atom is 0.243 e. The quantitative estimate of drug-likeness (QED) is 0.859. The molecule has 26 heavy (non-hydrogen) atoms. The molecule has 7 heteroatoms. The minimum atomic E-state index is -0.553. The first-order chi connectivity index (χ1) is 12.5. The normalized spacial score (nSPS) is 14.7. The van der Waals surface area contributed by atoms with Gasteiger partial charge in [-0.25, -0.2) is 4.68 Å². The molecule has 0 radical (unpaired) electrons. The van der Waals surface area contributed by atoms with Gasteiger partial charge in [0.1, 0.15) is 17.6 Å². The van der Waals surface area contributed by atoms with Crippen molar-refractivity contribution in [2.75, 3.05) is 12.0 Å².